The van der Waals surface area contributed by atoms with Crippen molar-refractivity contribution in [3.63, 3.8) is 0 Å². The summed E-state index contributed by atoms with van der Waals surface area (Å²) >= 11 is 0. The first-order chi connectivity index (χ1) is 26.0. The standard InChI is InChI=1S/C51H35NO/c1-51(2)44-19-8-6-16-39(44)41-27-28-42-40-17-7-9-20-45(40)52(50(42)49(41)51)37-26-29-46-43(31-37)48-38(18-11-21-47(48)53-46)36-15-10-14-35(30-36)34-24-22-33(23-25-34)32-12-4-3-5-13-32/h3-31H,1-2H3. The van der Waals surface area contributed by atoms with Gasteiger partial charge in [0.2, 0.25) is 0 Å². The van der Waals surface area contributed by atoms with Gasteiger partial charge in [-0.25, -0.2) is 0 Å². The number of furan rings is 1. The monoisotopic (exact) mass is 677 g/mol. The number of para-hydroxylation sites is 1. The van der Waals surface area contributed by atoms with E-state index in [0.29, 0.717) is 0 Å². The van der Waals surface area contributed by atoms with Crippen LogP contribution in [0.1, 0.15) is 25.0 Å². The van der Waals surface area contributed by atoms with E-state index in [2.05, 4.69) is 194 Å². The summed E-state index contributed by atoms with van der Waals surface area (Å²) in [5.41, 5.74) is 17.9. The molecule has 2 aromatic heterocycles. The number of hydrogen-bond acceptors (Lipinski definition) is 1. The fourth-order valence-electron chi connectivity index (χ4n) is 9.13. The van der Waals surface area contributed by atoms with Gasteiger partial charge in [-0.2, -0.15) is 0 Å². The molecule has 10 aromatic rings. The number of nitrogens with zero attached hydrogens (tertiary/aromatic N) is 1. The van der Waals surface area contributed by atoms with E-state index in [9.17, 15) is 0 Å². The van der Waals surface area contributed by atoms with E-state index in [0.717, 1.165) is 27.6 Å². The molecule has 2 heterocycles. The van der Waals surface area contributed by atoms with Crippen LogP contribution >= 0.6 is 0 Å². The molecule has 2 nitrogen and oxygen atoms in total. The summed E-state index contributed by atoms with van der Waals surface area (Å²) < 4.78 is 9.07. The zero-order valence-corrected chi connectivity index (χ0v) is 29.6. The highest BCUT2D eigenvalue weighted by Gasteiger charge is 2.38. The fourth-order valence-corrected chi connectivity index (χ4v) is 9.13. The van der Waals surface area contributed by atoms with Gasteiger partial charge in [0.05, 0.1) is 11.0 Å². The molecule has 0 aliphatic heterocycles. The molecule has 1 aliphatic carbocycles. The Bertz CT molecular complexity index is 3070. The Hall–Kier alpha value is -6.64. The first-order valence-corrected chi connectivity index (χ1v) is 18.4. The van der Waals surface area contributed by atoms with E-state index in [1.54, 1.807) is 0 Å². The third-order valence-corrected chi connectivity index (χ3v) is 11.6. The van der Waals surface area contributed by atoms with Crippen molar-refractivity contribution >= 4 is 43.7 Å². The van der Waals surface area contributed by atoms with Crippen LogP contribution in [-0.2, 0) is 5.41 Å². The molecule has 0 saturated carbocycles. The molecule has 2 heteroatoms. The van der Waals surface area contributed by atoms with Gasteiger partial charge < -0.3 is 8.98 Å². The minimum atomic E-state index is -0.149. The maximum absolute atomic E-state index is 6.57. The number of aromatic nitrogens is 1. The predicted molar refractivity (Wildman–Crippen MR) is 222 cm³/mol. The van der Waals surface area contributed by atoms with E-state index >= 15 is 0 Å². The van der Waals surface area contributed by atoms with E-state index in [-0.39, 0.29) is 5.41 Å². The van der Waals surface area contributed by atoms with Crippen LogP contribution in [0.25, 0.3) is 93.9 Å². The quantitative estimate of drug-likeness (QED) is 0.181. The molecular formula is C51H35NO. The van der Waals surface area contributed by atoms with Gasteiger partial charge >= 0.3 is 0 Å². The lowest BCUT2D eigenvalue weighted by Crippen LogP contribution is -2.16. The van der Waals surface area contributed by atoms with Gasteiger partial charge in [-0.15, -0.1) is 0 Å². The number of fused-ring (bicyclic) bond motifs is 10. The lowest BCUT2D eigenvalue weighted by molar-refractivity contribution is 0.663. The van der Waals surface area contributed by atoms with Crippen molar-refractivity contribution in [3.05, 3.63) is 187 Å². The highest BCUT2D eigenvalue weighted by atomic mass is 16.3. The minimum absolute atomic E-state index is 0.149. The van der Waals surface area contributed by atoms with Crippen molar-refractivity contribution in [1.29, 1.82) is 0 Å². The van der Waals surface area contributed by atoms with Crippen molar-refractivity contribution < 1.29 is 4.42 Å². The molecule has 0 unspecified atom stereocenters. The second-order valence-electron chi connectivity index (χ2n) is 14.9. The highest BCUT2D eigenvalue weighted by molar-refractivity contribution is 6.15. The molecule has 0 spiro atoms. The predicted octanol–water partition coefficient (Wildman–Crippen LogP) is 14.0. The average molecular weight is 678 g/mol. The zero-order valence-electron chi connectivity index (χ0n) is 29.6. The van der Waals surface area contributed by atoms with E-state index in [1.807, 2.05) is 0 Å². The van der Waals surface area contributed by atoms with Crippen LogP contribution < -0.4 is 0 Å². The van der Waals surface area contributed by atoms with Crippen molar-refractivity contribution in [2.75, 3.05) is 0 Å². The number of benzene rings is 8. The van der Waals surface area contributed by atoms with Crippen molar-refractivity contribution in [2.45, 2.75) is 19.3 Å². The molecule has 0 saturated heterocycles. The van der Waals surface area contributed by atoms with Crippen LogP contribution in [0.5, 0.6) is 0 Å². The van der Waals surface area contributed by atoms with Crippen LogP contribution in [0.15, 0.2) is 180 Å². The normalized spacial score (nSPS) is 13.2. The van der Waals surface area contributed by atoms with Gasteiger partial charge in [0, 0.05) is 32.6 Å². The van der Waals surface area contributed by atoms with Gasteiger partial charge in [0.1, 0.15) is 11.2 Å². The summed E-state index contributed by atoms with van der Waals surface area (Å²) in [6.07, 6.45) is 0. The van der Waals surface area contributed by atoms with E-state index < -0.39 is 0 Å². The Morgan fingerprint density at radius 1 is 0.434 bits per heavy atom. The largest absolute Gasteiger partial charge is 0.456 e. The SMILES string of the molecule is CC1(C)c2ccccc2-c2ccc3c4ccccc4n(-c4ccc5oc6cccc(-c7cccc(-c8ccc(-c9ccccc9)cc8)c7)c6c5c4)c3c21. The maximum Gasteiger partial charge on any atom is 0.136 e. The second kappa shape index (κ2) is 11.2. The highest BCUT2D eigenvalue weighted by Crippen LogP contribution is 2.53. The maximum atomic E-state index is 6.57. The van der Waals surface area contributed by atoms with E-state index in [1.165, 1.54) is 77.4 Å². The fraction of sp³-hybridized carbons (Fsp3) is 0.0588. The lowest BCUT2D eigenvalue weighted by atomic mass is 9.81. The summed E-state index contributed by atoms with van der Waals surface area (Å²) in [5, 5.41) is 4.81. The van der Waals surface area contributed by atoms with Crippen LogP contribution in [0.4, 0.5) is 0 Å². The summed E-state index contributed by atoms with van der Waals surface area (Å²) in [5.74, 6) is 0. The smallest absolute Gasteiger partial charge is 0.136 e. The van der Waals surface area contributed by atoms with Crippen LogP contribution in [0.2, 0.25) is 0 Å². The summed E-state index contributed by atoms with van der Waals surface area (Å²) in [6, 6.07) is 63.9. The summed E-state index contributed by atoms with van der Waals surface area (Å²) in [6.45, 7) is 4.76. The zero-order chi connectivity index (χ0) is 35.3. The summed E-state index contributed by atoms with van der Waals surface area (Å²) in [7, 11) is 0. The topological polar surface area (TPSA) is 18.1 Å². The van der Waals surface area contributed by atoms with Gasteiger partial charge in [-0.05, 0) is 92.0 Å². The van der Waals surface area contributed by atoms with Gasteiger partial charge in [0.15, 0.2) is 0 Å². The minimum Gasteiger partial charge on any atom is -0.456 e. The van der Waals surface area contributed by atoms with Gasteiger partial charge in [-0.1, -0.05) is 153 Å². The molecule has 53 heavy (non-hydrogen) atoms. The molecule has 0 bridgehead atoms. The first kappa shape index (κ1) is 30.0. The van der Waals surface area contributed by atoms with Crippen molar-refractivity contribution in [2.24, 2.45) is 0 Å². The molecule has 0 radical (unpaired) electrons. The molecule has 8 aromatic carbocycles. The van der Waals surface area contributed by atoms with Crippen LogP contribution in [0.3, 0.4) is 0 Å². The third-order valence-electron chi connectivity index (χ3n) is 11.6. The van der Waals surface area contributed by atoms with Gasteiger partial charge in [-0.3, -0.25) is 0 Å². The molecule has 1 aliphatic rings. The van der Waals surface area contributed by atoms with Crippen molar-refractivity contribution in [1.82, 2.24) is 4.57 Å². The Balaban J connectivity index is 1.10. The van der Waals surface area contributed by atoms with Crippen LogP contribution in [-0.4, -0.2) is 4.57 Å². The molecule has 11 rings (SSSR count). The Labute approximate surface area is 308 Å². The Morgan fingerprint density at radius 2 is 1.11 bits per heavy atom. The lowest BCUT2D eigenvalue weighted by Gasteiger charge is -2.23. The second-order valence-corrected chi connectivity index (χ2v) is 14.9. The molecular weight excluding hydrogens is 643 g/mol. The van der Waals surface area contributed by atoms with E-state index in [4.69, 9.17) is 4.42 Å². The van der Waals surface area contributed by atoms with Gasteiger partial charge in [0.25, 0.3) is 0 Å². The average Bonchev–Trinajstić information content (AvgIpc) is 3.83. The third kappa shape index (κ3) is 4.39. The number of hydrogen-bond donors (Lipinski definition) is 0. The van der Waals surface area contributed by atoms with Crippen LogP contribution in [0, 0.1) is 0 Å². The Kier molecular flexibility index (Phi) is 6.33. The molecule has 0 N–H and O–H groups in total. The number of rotatable bonds is 4. The Morgan fingerprint density at radius 3 is 1.98 bits per heavy atom. The molecule has 0 amide bonds. The van der Waals surface area contributed by atoms with Crippen molar-refractivity contribution in [3.8, 4) is 50.2 Å². The first-order valence-electron chi connectivity index (χ1n) is 18.4. The molecule has 0 atom stereocenters. The molecule has 0 fully saturated rings. The molecule has 250 valence electrons. The summed E-state index contributed by atoms with van der Waals surface area (Å²) in [4.78, 5) is 0.